The van der Waals surface area contributed by atoms with Crippen molar-refractivity contribution in [2.24, 2.45) is 0 Å². The minimum Gasteiger partial charge on any atom is -0.481 e. The van der Waals surface area contributed by atoms with Gasteiger partial charge in [-0.05, 0) is 38.0 Å². The third-order valence-corrected chi connectivity index (χ3v) is 4.97. The van der Waals surface area contributed by atoms with Crippen molar-refractivity contribution >= 4 is 35.8 Å². The number of likely N-dealkylation sites (tertiary alicyclic amines) is 1. The molecule has 0 aromatic heterocycles. The quantitative estimate of drug-likeness (QED) is 0.837. The standard InChI is InChI=1S/C18H24ClN3O3.ClH/c1-13(25-16-6-2-4-14(19)10-16)18(24)21-8-3-5-15(12-21)22-9-7-20-11-17(22)23;/h2,4,6,10,13,15,20H,3,5,7-9,11-12H2,1H3;1H. The number of hydrogen-bond donors (Lipinski definition) is 1. The zero-order valence-electron chi connectivity index (χ0n) is 14.8. The smallest absolute Gasteiger partial charge is 0.263 e. The van der Waals surface area contributed by atoms with Crippen molar-refractivity contribution in [2.45, 2.75) is 31.9 Å². The summed E-state index contributed by atoms with van der Waals surface area (Å²) >= 11 is 5.96. The van der Waals surface area contributed by atoms with Crippen LogP contribution in [0.25, 0.3) is 0 Å². The molecule has 1 N–H and O–H groups in total. The van der Waals surface area contributed by atoms with Gasteiger partial charge in [-0.1, -0.05) is 17.7 Å². The van der Waals surface area contributed by atoms with Crippen molar-refractivity contribution in [3.63, 3.8) is 0 Å². The molecule has 0 radical (unpaired) electrons. The molecule has 0 bridgehead atoms. The van der Waals surface area contributed by atoms with Crippen LogP contribution in [0.1, 0.15) is 19.8 Å². The fourth-order valence-electron chi connectivity index (χ4n) is 3.47. The van der Waals surface area contributed by atoms with E-state index in [9.17, 15) is 9.59 Å². The van der Waals surface area contributed by atoms with Crippen LogP contribution in [0.15, 0.2) is 24.3 Å². The fourth-order valence-corrected chi connectivity index (χ4v) is 3.65. The molecule has 2 unspecified atom stereocenters. The summed E-state index contributed by atoms with van der Waals surface area (Å²) in [6.45, 7) is 4.94. The average molecular weight is 402 g/mol. The number of nitrogens with one attached hydrogen (secondary N) is 1. The number of carbonyl (C=O) groups excluding carboxylic acids is 2. The van der Waals surface area contributed by atoms with Crippen molar-refractivity contribution < 1.29 is 14.3 Å². The first-order valence-corrected chi connectivity index (χ1v) is 9.13. The molecule has 2 heterocycles. The Morgan fingerprint density at radius 3 is 2.92 bits per heavy atom. The van der Waals surface area contributed by atoms with Gasteiger partial charge in [0.05, 0.1) is 6.54 Å². The molecule has 2 aliphatic heterocycles. The molecular weight excluding hydrogens is 377 g/mol. The van der Waals surface area contributed by atoms with Gasteiger partial charge in [-0.3, -0.25) is 9.59 Å². The molecule has 0 saturated carbocycles. The van der Waals surface area contributed by atoms with E-state index < -0.39 is 6.10 Å². The highest BCUT2D eigenvalue weighted by Crippen LogP contribution is 2.21. The number of ether oxygens (including phenoxy) is 1. The Kier molecular flexibility index (Phi) is 7.55. The topological polar surface area (TPSA) is 61.9 Å². The molecular formula is C18H25Cl2N3O3. The van der Waals surface area contributed by atoms with E-state index in [2.05, 4.69) is 5.32 Å². The van der Waals surface area contributed by atoms with E-state index in [1.54, 1.807) is 31.2 Å². The lowest BCUT2D eigenvalue weighted by Crippen LogP contribution is -2.58. The molecule has 26 heavy (non-hydrogen) atoms. The Hall–Kier alpha value is -1.50. The van der Waals surface area contributed by atoms with Gasteiger partial charge >= 0.3 is 0 Å². The first-order chi connectivity index (χ1) is 12.0. The predicted molar refractivity (Wildman–Crippen MR) is 103 cm³/mol. The SMILES string of the molecule is CC(Oc1cccc(Cl)c1)C(=O)N1CCCC(N2CCNCC2=O)C1.Cl. The molecule has 1 aromatic rings. The Morgan fingerprint density at radius 1 is 1.38 bits per heavy atom. The van der Waals surface area contributed by atoms with E-state index in [1.807, 2.05) is 9.80 Å². The van der Waals surface area contributed by atoms with Crippen LogP contribution in [0, 0.1) is 0 Å². The average Bonchev–Trinajstić information content (AvgIpc) is 2.61. The lowest BCUT2D eigenvalue weighted by Gasteiger charge is -2.41. The van der Waals surface area contributed by atoms with Crippen molar-refractivity contribution in [1.82, 2.24) is 15.1 Å². The number of nitrogens with zero attached hydrogens (tertiary/aromatic N) is 2. The zero-order chi connectivity index (χ0) is 17.8. The van der Waals surface area contributed by atoms with E-state index >= 15 is 0 Å². The highest BCUT2D eigenvalue weighted by atomic mass is 35.5. The Balaban J connectivity index is 0.00000243. The summed E-state index contributed by atoms with van der Waals surface area (Å²) in [5.74, 6) is 0.653. The lowest BCUT2D eigenvalue weighted by molar-refractivity contribution is -0.144. The summed E-state index contributed by atoms with van der Waals surface area (Å²) in [5, 5.41) is 3.66. The maximum atomic E-state index is 12.7. The van der Waals surface area contributed by atoms with Crippen LogP contribution in [-0.2, 0) is 9.59 Å². The highest BCUT2D eigenvalue weighted by Gasteiger charge is 2.33. The van der Waals surface area contributed by atoms with E-state index in [0.29, 0.717) is 37.0 Å². The third kappa shape index (κ3) is 5.02. The molecule has 2 amide bonds. The van der Waals surface area contributed by atoms with Crippen molar-refractivity contribution in [3.05, 3.63) is 29.3 Å². The molecule has 6 nitrogen and oxygen atoms in total. The van der Waals surface area contributed by atoms with Crippen molar-refractivity contribution in [1.29, 1.82) is 0 Å². The molecule has 8 heteroatoms. The summed E-state index contributed by atoms with van der Waals surface area (Å²) < 4.78 is 5.75. The molecule has 1 aromatic carbocycles. The highest BCUT2D eigenvalue weighted by molar-refractivity contribution is 6.30. The van der Waals surface area contributed by atoms with Gasteiger partial charge in [-0.15, -0.1) is 12.4 Å². The van der Waals surface area contributed by atoms with Gasteiger partial charge in [0.2, 0.25) is 5.91 Å². The summed E-state index contributed by atoms with van der Waals surface area (Å²) in [6, 6.07) is 7.14. The van der Waals surface area contributed by atoms with Gasteiger partial charge < -0.3 is 19.9 Å². The van der Waals surface area contributed by atoms with Gasteiger partial charge in [0.1, 0.15) is 5.75 Å². The number of halogens is 2. The second-order valence-electron chi connectivity index (χ2n) is 6.56. The molecule has 2 fully saturated rings. The number of benzene rings is 1. The van der Waals surface area contributed by atoms with E-state index in [0.717, 1.165) is 19.4 Å². The van der Waals surface area contributed by atoms with E-state index in [1.165, 1.54) is 0 Å². The van der Waals surface area contributed by atoms with Gasteiger partial charge in [-0.25, -0.2) is 0 Å². The van der Waals surface area contributed by atoms with Crippen LogP contribution in [0.2, 0.25) is 5.02 Å². The lowest BCUT2D eigenvalue weighted by atomic mass is 10.0. The molecule has 3 rings (SSSR count). The van der Waals surface area contributed by atoms with Crippen molar-refractivity contribution in [3.8, 4) is 5.75 Å². The van der Waals surface area contributed by atoms with Gasteiger partial charge in [0, 0.05) is 37.2 Å². The van der Waals surface area contributed by atoms with Crippen LogP contribution in [0.5, 0.6) is 5.75 Å². The van der Waals surface area contributed by atoms with E-state index in [4.69, 9.17) is 16.3 Å². The number of rotatable bonds is 4. The van der Waals surface area contributed by atoms with Gasteiger partial charge in [-0.2, -0.15) is 0 Å². The second-order valence-corrected chi connectivity index (χ2v) is 7.00. The minimum absolute atomic E-state index is 0. The number of piperazine rings is 1. The number of amides is 2. The first-order valence-electron chi connectivity index (χ1n) is 8.76. The number of piperidine rings is 1. The summed E-state index contributed by atoms with van der Waals surface area (Å²) in [4.78, 5) is 28.6. The summed E-state index contributed by atoms with van der Waals surface area (Å²) in [6.07, 6.45) is 1.26. The van der Waals surface area contributed by atoms with Crippen LogP contribution >= 0.6 is 24.0 Å². The van der Waals surface area contributed by atoms with Crippen LogP contribution in [0.4, 0.5) is 0 Å². The Morgan fingerprint density at radius 2 is 2.19 bits per heavy atom. The minimum atomic E-state index is -0.587. The molecule has 0 aliphatic carbocycles. The number of carbonyl (C=O) groups is 2. The molecule has 0 spiro atoms. The number of hydrogen-bond acceptors (Lipinski definition) is 4. The molecule has 2 aliphatic rings. The normalized spacial score (nSPS) is 21.8. The maximum absolute atomic E-state index is 12.7. The summed E-state index contributed by atoms with van der Waals surface area (Å²) in [7, 11) is 0. The van der Waals surface area contributed by atoms with Crippen molar-refractivity contribution in [2.75, 3.05) is 32.7 Å². The summed E-state index contributed by atoms with van der Waals surface area (Å²) in [5.41, 5.74) is 0. The Bertz CT molecular complexity index is 644. The first kappa shape index (κ1) is 20.8. The van der Waals surface area contributed by atoms with Crippen LogP contribution < -0.4 is 10.1 Å². The third-order valence-electron chi connectivity index (χ3n) is 4.73. The predicted octanol–water partition coefficient (Wildman–Crippen LogP) is 1.95. The maximum Gasteiger partial charge on any atom is 0.263 e. The largest absolute Gasteiger partial charge is 0.481 e. The molecule has 144 valence electrons. The molecule has 2 atom stereocenters. The monoisotopic (exact) mass is 401 g/mol. The fraction of sp³-hybridized carbons (Fsp3) is 0.556. The van der Waals surface area contributed by atoms with Gasteiger partial charge in [0.25, 0.3) is 5.91 Å². The van der Waals surface area contributed by atoms with Gasteiger partial charge in [0.15, 0.2) is 6.10 Å². The Labute approximate surface area is 165 Å². The zero-order valence-corrected chi connectivity index (χ0v) is 16.4. The molecule has 2 saturated heterocycles. The second kappa shape index (κ2) is 9.44. The van der Waals surface area contributed by atoms with Crippen LogP contribution in [0.3, 0.4) is 0 Å². The van der Waals surface area contributed by atoms with Crippen LogP contribution in [-0.4, -0.2) is 66.5 Å². The van der Waals surface area contributed by atoms with E-state index in [-0.39, 0.29) is 30.3 Å².